The average Bonchev–Trinajstić information content (AvgIpc) is 2.97. The van der Waals surface area contributed by atoms with Crippen molar-refractivity contribution in [2.24, 2.45) is 5.41 Å². The van der Waals surface area contributed by atoms with Gasteiger partial charge in [0.25, 0.3) is 0 Å². The van der Waals surface area contributed by atoms with Crippen LogP contribution >= 0.6 is 0 Å². The first-order chi connectivity index (χ1) is 10.6. The van der Waals surface area contributed by atoms with Crippen molar-refractivity contribution in [2.45, 2.75) is 39.2 Å². The van der Waals surface area contributed by atoms with Crippen LogP contribution < -0.4 is 0 Å². The molecule has 9 heteroatoms. The number of aromatic nitrogens is 2. The van der Waals surface area contributed by atoms with E-state index in [0.717, 1.165) is 6.20 Å². The molecule has 9 nitrogen and oxygen atoms in total. The van der Waals surface area contributed by atoms with Crippen LogP contribution in [0.1, 0.15) is 33.6 Å². The van der Waals surface area contributed by atoms with Gasteiger partial charge in [-0.15, -0.1) is 0 Å². The minimum atomic E-state index is -1.13. The van der Waals surface area contributed by atoms with Crippen LogP contribution in [0.15, 0.2) is 12.4 Å². The molecule has 0 saturated carbocycles. The summed E-state index contributed by atoms with van der Waals surface area (Å²) in [6, 6.07) is 0. The number of hydrogen-bond acceptors (Lipinski definition) is 5. The van der Waals surface area contributed by atoms with Crippen LogP contribution in [0, 0.1) is 15.5 Å². The predicted molar refractivity (Wildman–Crippen MR) is 79.8 cm³/mol. The topological polar surface area (TPSA) is 119 Å². The number of aliphatic carboxylic acids is 1. The molecule has 23 heavy (non-hydrogen) atoms. The Labute approximate surface area is 133 Å². The lowest BCUT2D eigenvalue weighted by molar-refractivity contribution is -0.385. The van der Waals surface area contributed by atoms with Crippen molar-refractivity contribution in [3.63, 3.8) is 0 Å². The number of likely N-dealkylation sites (tertiary alicyclic amines) is 1. The van der Waals surface area contributed by atoms with Gasteiger partial charge >= 0.3 is 11.7 Å². The summed E-state index contributed by atoms with van der Waals surface area (Å²) in [6.07, 6.45) is 3.41. The van der Waals surface area contributed by atoms with Gasteiger partial charge in [-0.3, -0.25) is 24.4 Å². The maximum atomic E-state index is 12.8. The van der Waals surface area contributed by atoms with Crippen LogP contribution in [0.3, 0.4) is 0 Å². The lowest BCUT2D eigenvalue weighted by atomic mass is 9.81. The van der Waals surface area contributed by atoms with Gasteiger partial charge in [0.15, 0.2) is 0 Å². The molecular formula is C14H20N4O5. The Kier molecular flexibility index (Phi) is 4.14. The number of rotatable bonds is 4. The molecule has 1 aliphatic heterocycles. The van der Waals surface area contributed by atoms with E-state index in [0.29, 0.717) is 19.4 Å². The van der Waals surface area contributed by atoms with E-state index in [1.165, 1.54) is 15.8 Å². The highest BCUT2D eigenvalue weighted by molar-refractivity contribution is 5.85. The Bertz CT molecular complexity index is 653. The molecule has 1 aromatic rings. The summed E-state index contributed by atoms with van der Waals surface area (Å²) in [5.41, 5.74) is -2.30. The van der Waals surface area contributed by atoms with Crippen molar-refractivity contribution < 1.29 is 19.6 Å². The molecule has 1 fully saturated rings. The SMILES string of the molecule is CC1(C(=O)O)CCCN(C(=O)C(C)(C)n2cc([N+](=O)[O-])cn2)C1. The van der Waals surface area contributed by atoms with E-state index < -0.39 is 21.8 Å². The number of hydrogen-bond donors (Lipinski definition) is 1. The predicted octanol–water partition coefficient (Wildman–Crippen LogP) is 1.24. The molecule has 2 heterocycles. The Morgan fingerprint density at radius 1 is 1.48 bits per heavy atom. The minimum Gasteiger partial charge on any atom is -0.481 e. The molecular weight excluding hydrogens is 304 g/mol. The summed E-state index contributed by atoms with van der Waals surface area (Å²) in [4.78, 5) is 35.9. The Morgan fingerprint density at radius 2 is 2.13 bits per heavy atom. The summed E-state index contributed by atoms with van der Waals surface area (Å²) in [5.74, 6) is -1.23. The van der Waals surface area contributed by atoms with Gasteiger partial charge < -0.3 is 10.0 Å². The van der Waals surface area contributed by atoms with E-state index in [2.05, 4.69) is 5.10 Å². The van der Waals surface area contributed by atoms with Gasteiger partial charge in [-0.05, 0) is 33.6 Å². The molecule has 1 N–H and O–H groups in total. The molecule has 0 radical (unpaired) electrons. The van der Waals surface area contributed by atoms with Crippen molar-refractivity contribution in [3.05, 3.63) is 22.5 Å². The normalized spacial score (nSPS) is 22.0. The Hall–Kier alpha value is -2.45. The van der Waals surface area contributed by atoms with Crippen LogP contribution in [0.5, 0.6) is 0 Å². The molecule has 126 valence electrons. The number of nitrogens with zero attached hydrogens (tertiary/aromatic N) is 4. The highest BCUT2D eigenvalue weighted by Crippen LogP contribution is 2.32. The molecule has 1 amide bonds. The largest absolute Gasteiger partial charge is 0.481 e. The second-order valence-electron chi connectivity index (χ2n) is 6.66. The molecule has 0 spiro atoms. The minimum absolute atomic E-state index is 0.119. The quantitative estimate of drug-likeness (QED) is 0.657. The molecule has 1 aliphatic rings. The first-order valence-corrected chi connectivity index (χ1v) is 7.30. The number of nitro groups is 1. The van der Waals surface area contributed by atoms with Gasteiger partial charge in [-0.1, -0.05) is 0 Å². The molecule has 2 rings (SSSR count). The molecule has 0 aliphatic carbocycles. The number of piperidine rings is 1. The fourth-order valence-electron chi connectivity index (χ4n) is 2.79. The van der Waals surface area contributed by atoms with E-state index >= 15 is 0 Å². The zero-order valence-electron chi connectivity index (χ0n) is 13.4. The second-order valence-corrected chi connectivity index (χ2v) is 6.66. The number of carboxylic acid groups (broad SMARTS) is 1. The Morgan fingerprint density at radius 3 is 2.65 bits per heavy atom. The smallest absolute Gasteiger partial charge is 0.311 e. The van der Waals surface area contributed by atoms with Crippen molar-refractivity contribution in [1.82, 2.24) is 14.7 Å². The number of carbonyl (C=O) groups is 2. The molecule has 0 aromatic carbocycles. The summed E-state index contributed by atoms with van der Waals surface area (Å²) >= 11 is 0. The average molecular weight is 324 g/mol. The van der Waals surface area contributed by atoms with Crippen molar-refractivity contribution >= 4 is 17.6 Å². The third-order valence-corrected chi connectivity index (χ3v) is 4.38. The highest BCUT2D eigenvalue weighted by Gasteiger charge is 2.43. The molecule has 0 bridgehead atoms. The fraction of sp³-hybridized carbons (Fsp3) is 0.643. The summed E-state index contributed by atoms with van der Waals surface area (Å²) in [7, 11) is 0. The second kappa shape index (κ2) is 5.64. The summed E-state index contributed by atoms with van der Waals surface area (Å²) in [5, 5.41) is 24.0. The lowest BCUT2D eigenvalue weighted by Gasteiger charge is -2.40. The third kappa shape index (κ3) is 3.03. The van der Waals surface area contributed by atoms with Gasteiger partial charge in [-0.25, -0.2) is 0 Å². The first-order valence-electron chi connectivity index (χ1n) is 7.30. The standard InChI is InChI=1S/C14H20N4O5/c1-13(2,17-8-10(7-15-17)18(22)23)11(19)16-6-4-5-14(3,9-16)12(20)21/h7-8H,4-6,9H2,1-3H3,(H,20,21). The Balaban J connectivity index is 2.23. The van der Waals surface area contributed by atoms with Gasteiger partial charge in [0.1, 0.15) is 17.9 Å². The number of carbonyl (C=O) groups excluding carboxylic acids is 1. The third-order valence-electron chi connectivity index (χ3n) is 4.38. The summed E-state index contributed by atoms with van der Waals surface area (Å²) < 4.78 is 1.25. The summed E-state index contributed by atoms with van der Waals surface area (Å²) in [6.45, 7) is 5.43. The van der Waals surface area contributed by atoms with Gasteiger partial charge in [0.05, 0.1) is 10.3 Å². The van der Waals surface area contributed by atoms with Crippen LogP contribution in [-0.2, 0) is 15.1 Å². The van der Waals surface area contributed by atoms with E-state index in [1.54, 1.807) is 20.8 Å². The number of amides is 1. The van der Waals surface area contributed by atoms with Crippen LogP contribution in [0.4, 0.5) is 5.69 Å². The zero-order valence-corrected chi connectivity index (χ0v) is 13.4. The fourth-order valence-corrected chi connectivity index (χ4v) is 2.79. The van der Waals surface area contributed by atoms with E-state index in [4.69, 9.17) is 0 Å². The van der Waals surface area contributed by atoms with Crippen molar-refractivity contribution in [2.75, 3.05) is 13.1 Å². The molecule has 1 saturated heterocycles. The van der Waals surface area contributed by atoms with Crippen molar-refractivity contribution in [1.29, 1.82) is 0 Å². The van der Waals surface area contributed by atoms with Gasteiger partial charge in [0, 0.05) is 13.1 Å². The first kappa shape index (κ1) is 16.9. The highest BCUT2D eigenvalue weighted by atomic mass is 16.6. The van der Waals surface area contributed by atoms with Gasteiger partial charge in [-0.2, -0.15) is 5.10 Å². The van der Waals surface area contributed by atoms with Gasteiger partial charge in [0.2, 0.25) is 5.91 Å². The maximum absolute atomic E-state index is 12.8. The van der Waals surface area contributed by atoms with Crippen LogP contribution in [-0.4, -0.2) is 49.7 Å². The van der Waals surface area contributed by atoms with Crippen molar-refractivity contribution in [3.8, 4) is 0 Å². The van der Waals surface area contributed by atoms with E-state index in [9.17, 15) is 24.8 Å². The maximum Gasteiger partial charge on any atom is 0.311 e. The van der Waals surface area contributed by atoms with Crippen LogP contribution in [0.2, 0.25) is 0 Å². The monoisotopic (exact) mass is 324 g/mol. The molecule has 1 atom stereocenters. The molecule has 1 aromatic heterocycles. The lowest BCUT2D eigenvalue weighted by Crippen LogP contribution is -2.54. The number of carboxylic acids is 1. The zero-order chi connectivity index (χ0) is 17.4. The molecule has 1 unspecified atom stereocenters. The van der Waals surface area contributed by atoms with E-state index in [-0.39, 0.29) is 18.1 Å². The van der Waals surface area contributed by atoms with E-state index in [1.807, 2.05) is 0 Å². The van der Waals surface area contributed by atoms with Crippen LogP contribution in [0.25, 0.3) is 0 Å².